The van der Waals surface area contributed by atoms with Crippen molar-refractivity contribution in [2.75, 3.05) is 41.0 Å². The molecule has 3 aliphatic rings. The molecule has 2 aromatic heterocycles. The Bertz CT molecular complexity index is 2530. The van der Waals surface area contributed by atoms with E-state index in [1.54, 1.807) is 7.11 Å². The third kappa shape index (κ3) is 8.40. The number of nitrogens with zero attached hydrogens (tertiary/aromatic N) is 4. The molecule has 8 rings (SSSR count). The molecule has 7 atom stereocenters. The van der Waals surface area contributed by atoms with Crippen molar-refractivity contribution in [1.82, 2.24) is 40.4 Å². The minimum Gasteiger partial charge on any atom is -0.488 e. The molecule has 2 saturated heterocycles. The Balaban J connectivity index is 1.05. The Labute approximate surface area is 366 Å². The van der Waals surface area contributed by atoms with Crippen LogP contribution in [0.25, 0.3) is 44.2 Å². The molecule has 0 spiro atoms. The van der Waals surface area contributed by atoms with E-state index in [0.717, 1.165) is 68.3 Å². The zero-order valence-electron chi connectivity index (χ0n) is 37.2. The van der Waals surface area contributed by atoms with Gasteiger partial charge in [0.1, 0.15) is 36.1 Å². The summed E-state index contributed by atoms with van der Waals surface area (Å²) in [6, 6.07) is 12.5. The second-order valence-electron chi connectivity index (χ2n) is 17.8. The summed E-state index contributed by atoms with van der Waals surface area (Å²) >= 11 is 0. The fourth-order valence-electron chi connectivity index (χ4n) is 9.55. The number of hydrogen-bond donors (Lipinski definition) is 4. The van der Waals surface area contributed by atoms with Gasteiger partial charge >= 0.3 is 12.2 Å². The molecule has 5 aromatic rings. The molecule has 0 saturated carbocycles. The van der Waals surface area contributed by atoms with E-state index in [1.165, 1.54) is 14.2 Å². The molecule has 5 heterocycles. The number of aromatic amines is 2. The van der Waals surface area contributed by atoms with Crippen LogP contribution in [0.15, 0.2) is 48.7 Å². The number of rotatable bonds is 12. The first-order valence-electron chi connectivity index (χ1n) is 21.9. The Morgan fingerprint density at radius 1 is 0.857 bits per heavy atom. The van der Waals surface area contributed by atoms with E-state index in [1.807, 2.05) is 49.8 Å². The van der Waals surface area contributed by atoms with Gasteiger partial charge in [0.2, 0.25) is 11.8 Å². The number of benzene rings is 3. The zero-order valence-corrected chi connectivity index (χ0v) is 37.2. The summed E-state index contributed by atoms with van der Waals surface area (Å²) in [7, 11) is 4.25. The number of imidazole rings is 2. The first kappa shape index (κ1) is 43.5. The van der Waals surface area contributed by atoms with Crippen LogP contribution in [0.1, 0.15) is 83.2 Å². The Kier molecular flexibility index (Phi) is 12.4. The molecule has 0 bridgehead atoms. The van der Waals surface area contributed by atoms with Crippen molar-refractivity contribution in [3.05, 3.63) is 65.9 Å². The number of alkyl carbamates (subject to hydrolysis) is 2. The van der Waals surface area contributed by atoms with Gasteiger partial charge < -0.3 is 49.3 Å². The summed E-state index contributed by atoms with van der Waals surface area (Å²) in [5.74, 6) is 1.93. The minimum atomic E-state index is -0.762. The van der Waals surface area contributed by atoms with Gasteiger partial charge in [-0.1, -0.05) is 59.2 Å². The van der Waals surface area contributed by atoms with Crippen molar-refractivity contribution in [2.24, 2.45) is 23.7 Å². The highest BCUT2D eigenvalue weighted by Crippen LogP contribution is 2.44. The highest BCUT2D eigenvalue weighted by molar-refractivity contribution is 6.07. The summed E-state index contributed by atoms with van der Waals surface area (Å²) < 4.78 is 21.6. The van der Waals surface area contributed by atoms with E-state index in [4.69, 9.17) is 28.9 Å². The molecule has 16 nitrogen and oxygen atoms in total. The van der Waals surface area contributed by atoms with Crippen molar-refractivity contribution in [3.63, 3.8) is 0 Å². The van der Waals surface area contributed by atoms with Gasteiger partial charge in [-0.05, 0) is 76.9 Å². The molecular formula is C47H58N8O8. The maximum atomic E-state index is 14.1. The van der Waals surface area contributed by atoms with Gasteiger partial charge in [-0.2, -0.15) is 0 Å². The summed E-state index contributed by atoms with van der Waals surface area (Å²) in [4.78, 5) is 73.0. The van der Waals surface area contributed by atoms with E-state index >= 15 is 0 Å². The van der Waals surface area contributed by atoms with Crippen LogP contribution in [0.3, 0.4) is 0 Å². The standard InChI is InChI=1S/C47H58N8O8/c1-9-26(5)40(53-47(59)62-8)45(57)54-20-25(4)14-36(54)42-48-19-35(50-42)29-10-12-31-30(16-29)23-63-38-18-32-28(17-33(31)38)11-13-34-41(32)51-43(49-34)37-15-27(22-60-6)21-55(37)44(56)39(24(2)3)52-46(58)61-7/h10-13,16-19,24-27,36-37,39-40H,9,14-15,20-23H2,1-8H3,(H,48,50)(H,49,51)(H,52,58)(H,53,59)/t25-,26-,27?,36?,37-,39?,40?/m0/s1. The fraction of sp³-hybridized carbons (Fsp3) is 0.489. The van der Waals surface area contributed by atoms with E-state index in [2.05, 4.69) is 63.9 Å². The lowest BCUT2D eigenvalue weighted by molar-refractivity contribution is -0.136. The van der Waals surface area contributed by atoms with Gasteiger partial charge in [0, 0.05) is 37.1 Å². The second-order valence-corrected chi connectivity index (χ2v) is 17.8. The molecule has 2 fully saturated rings. The number of methoxy groups -OCH3 is 3. The van der Waals surface area contributed by atoms with E-state index in [9.17, 15) is 19.2 Å². The van der Waals surface area contributed by atoms with Gasteiger partial charge in [-0.25, -0.2) is 19.6 Å². The zero-order chi connectivity index (χ0) is 44.7. The molecule has 4 N–H and O–H groups in total. The van der Waals surface area contributed by atoms with Crippen LogP contribution in [0.4, 0.5) is 9.59 Å². The van der Waals surface area contributed by atoms with Crippen LogP contribution >= 0.6 is 0 Å². The maximum absolute atomic E-state index is 14.1. The number of ether oxygens (including phenoxy) is 4. The number of carbonyl (C=O) groups excluding carboxylic acids is 4. The average molecular weight is 863 g/mol. The third-order valence-electron chi connectivity index (χ3n) is 13.1. The van der Waals surface area contributed by atoms with Crippen LogP contribution in [0.2, 0.25) is 0 Å². The monoisotopic (exact) mass is 862 g/mol. The van der Waals surface area contributed by atoms with Gasteiger partial charge in [-0.15, -0.1) is 0 Å². The van der Waals surface area contributed by atoms with Gasteiger partial charge in [0.05, 0.1) is 55.8 Å². The molecule has 3 aliphatic heterocycles. The maximum Gasteiger partial charge on any atom is 0.407 e. The largest absolute Gasteiger partial charge is 0.488 e. The highest BCUT2D eigenvalue weighted by atomic mass is 16.5. The molecule has 4 amide bonds. The number of fused-ring (bicyclic) bond motifs is 6. The van der Waals surface area contributed by atoms with Gasteiger partial charge in [0.25, 0.3) is 0 Å². The second kappa shape index (κ2) is 17.9. The number of amides is 4. The number of H-pyrrole nitrogens is 2. The van der Waals surface area contributed by atoms with Crippen molar-refractivity contribution >= 4 is 45.8 Å². The summed E-state index contributed by atoms with van der Waals surface area (Å²) in [6.45, 7) is 11.8. The van der Waals surface area contributed by atoms with Crippen LogP contribution in [0, 0.1) is 23.7 Å². The molecule has 0 radical (unpaired) electrons. The van der Waals surface area contributed by atoms with Crippen molar-refractivity contribution in [2.45, 2.75) is 84.7 Å². The molecule has 4 unspecified atom stereocenters. The fourth-order valence-corrected chi connectivity index (χ4v) is 9.55. The number of likely N-dealkylation sites (tertiary alicyclic amines) is 2. The quantitative estimate of drug-likeness (QED) is 0.0992. The van der Waals surface area contributed by atoms with Crippen LogP contribution < -0.4 is 15.4 Å². The molecular weight excluding hydrogens is 805 g/mol. The first-order valence-corrected chi connectivity index (χ1v) is 21.9. The van der Waals surface area contributed by atoms with Crippen LogP contribution in [0.5, 0.6) is 5.75 Å². The summed E-state index contributed by atoms with van der Waals surface area (Å²) in [5.41, 5.74) is 6.52. The lowest BCUT2D eigenvalue weighted by Crippen LogP contribution is -2.51. The average Bonchev–Trinajstić information content (AvgIpc) is 4.11. The van der Waals surface area contributed by atoms with Gasteiger partial charge in [-0.3, -0.25) is 9.59 Å². The Morgan fingerprint density at radius 2 is 1.57 bits per heavy atom. The molecule has 3 aromatic carbocycles. The minimum absolute atomic E-state index is 0.0789. The first-order chi connectivity index (χ1) is 30.3. The predicted molar refractivity (Wildman–Crippen MR) is 237 cm³/mol. The summed E-state index contributed by atoms with van der Waals surface area (Å²) in [6.07, 6.45) is 2.67. The van der Waals surface area contributed by atoms with Crippen LogP contribution in [-0.2, 0) is 30.4 Å². The van der Waals surface area contributed by atoms with Crippen molar-refractivity contribution in [3.8, 4) is 28.1 Å². The number of carbonyl (C=O) groups is 4. The molecule has 16 heteroatoms. The Morgan fingerprint density at radius 3 is 2.29 bits per heavy atom. The van der Waals surface area contributed by atoms with Crippen molar-refractivity contribution < 1.29 is 38.1 Å². The lowest BCUT2D eigenvalue weighted by Gasteiger charge is -2.30. The van der Waals surface area contributed by atoms with Crippen molar-refractivity contribution in [1.29, 1.82) is 0 Å². The molecule has 0 aliphatic carbocycles. The number of aromatic nitrogens is 4. The summed E-state index contributed by atoms with van der Waals surface area (Å²) in [5, 5.41) is 7.47. The number of hydrogen-bond acceptors (Lipinski definition) is 10. The van der Waals surface area contributed by atoms with E-state index in [0.29, 0.717) is 44.4 Å². The Hall–Kier alpha value is -6.16. The molecule has 63 heavy (non-hydrogen) atoms. The van der Waals surface area contributed by atoms with E-state index < -0.39 is 24.3 Å². The number of nitrogens with one attached hydrogen (secondary N) is 4. The normalized spacial score (nSPS) is 20.8. The van der Waals surface area contributed by atoms with Crippen LogP contribution in [-0.4, -0.2) is 107 Å². The topological polar surface area (TPSA) is 193 Å². The van der Waals surface area contributed by atoms with Gasteiger partial charge in [0.15, 0.2) is 0 Å². The highest BCUT2D eigenvalue weighted by Gasteiger charge is 2.43. The lowest BCUT2D eigenvalue weighted by atomic mass is 9.92. The SMILES string of the molecule is CC[C@H](C)C(NC(=O)OC)C(=O)N1C[C@@H](C)CC1c1ncc(-c2ccc3c(c2)COc2cc4c(ccc5nc([C@@H]6CC(COC)CN6C(=O)C(NC(=O)OC)C(C)C)[nH]c54)cc2-3)[nH]1. The predicted octanol–water partition coefficient (Wildman–Crippen LogP) is 7.26. The third-order valence-corrected chi connectivity index (χ3v) is 13.1. The molecule has 334 valence electrons. The van der Waals surface area contributed by atoms with E-state index in [-0.39, 0.29) is 47.6 Å². The smallest absolute Gasteiger partial charge is 0.407 e.